The van der Waals surface area contributed by atoms with Gasteiger partial charge in [-0.15, -0.1) is 0 Å². The molecule has 1 aromatic carbocycles. The number of rotatable bonds is 4. The minimum absolute atomic E-state index is 0.664. The molecule has 0 saturated carbocycles. The van der Waals surface area contributed by atoms with Gasteiger partial charge in [-0.05, 0) is 58.7 Å². The smallest absolute Gasteiger partial charge is 0.169 e. The van der Waals surface area contributed by atoms with E-state index in [1.165, 1.54) is 0 Å². The molecule has 2 aromatic rings. The van der Waals surface area contributed by atoms with Crippen molar-refractivity contribution in [2.45, 2.75) is 13.5 Å². The largest absolute Gasteiger partial charge is 0.496 e. The van der Waals surface area contributed by atoms with Crippen molar-refractivity contribution in [3.8, 4) is 5.75 Å². The van der Waals surface area contributed by atoms with Crippen molar-refractivity contribution in [1.29, 1.82) is 0 Å². The number of benzene rings is 1. The third-order valence-electron chi connectivity index (χ3n) is 2.49. The van der Waals surface area contributed by atoms with Crippen LogP contribution in [-0.4, -0.2) is 7.11 Å². The predicted octanol–water partition coefficient (Wildman–Crippen LogP) is 3.97. The first-order valence-corrected chi connectivity index (χ1v) is 6.11. The Morgan fingerprint density at radius 2 is 2.12 bits per heavy atom. The number of ether oxygens (including phenoxy) is 1. The molecule has 0 amide bonds. The maximum absolute atomic E-state index is 5.41. The van der Waals surface area contributed by atoms with Crippen LogP contribution in [0.2, 0.25) is 0 Å². The number of methoxy groups -OCH3 is 1. The summed E-state index contributed by atoms with van der Waals surface area (Å²) in [5.74, 6) is 1.79. The number of furan rings is 1. The fraction of sp³-hybridized carbons (Fsp3) is 0.231. The van der Waals surface area contributed by atoms with Gasteiger partial charge in [0.15, 0.2) is 4.67 Å². The van der Waals surface area contributed by atoms with E-state index in [2.05, 4.69) is 27.3 Å². The molecular weight excluding hydrogens is 282 g/mol. The van der Waals surface area contributed by atoms with Crippen LogP contribution in [0.3, 0.4) is 0 Å². The summed E-state index contributed by atoms with van der Waals surface area (Å²) < 4.78 is 11.4. The fourth-order valence-electron chi connectivity index (χ4n) is 1.62. The summed E-state index contributed by atoms with van der Waals surface area (Å²) in [7, 11) is 1.68. The van der Waals surface area contributed by atoms with Crippen molar-refractivity contribution in [3.63, 3.8) is 0 Å². The first-order valence-electron chi connectivity index (χ1n) is 5.32. The van der Waals surface area contributed by atoms with Gasteiger partial charge >= 0.3 is 0 Å². The summed E-state index contributed by atoms with van der Waals surface area (Å²) in [6.07, 6.45) is 0. The van der Waals surface area contributed by atoms with Crippen LogP contribution in [0.4, 0.5) is 5.69 Å². The molecule has 0 radical (unpaired) electrons. The van der Waals surface area contributed by atoms with Crippen LogP contribution in [-0.2, 0) is 6.54 Å². The van der Waals surface area contributed by atoms with Gasteiger partial charge in [-0.2, -0.15) is 0 Å². The number of hydrogen-bond acceptors (Lipinski definition) is 3. The minimum atomic E-state index is 0.664. The Morgan fingerprint density at radius 1 is 1.29 bits per heavy atom. The van der Waals surface area contributed by atoms with Gasteiger partial charge in [-0.25, -0.2) is 0 Å². The van der Waals surface area contributed by atoms with Gasteiger partial charge in [-0.1, -0.05) is 0 Å². The molecule has 0 bridgehead atoms. The van der Waals surface area contributed by atoms with Crippen LogP contribution >= 0.6 is 15.9 Å². The first kappa shape index (κ1) is 12.0. The molecule has 90 valence electrons. The van der Waals surface area contributed by atoms with Crippen molar-refractivity contribution in [1.82, 2.24) is 0 Å². The van der Waals surface area contributed by atoms with Gasteiger partial charge in [-0.3, -0.25) is 0 Å². The van der Waals surface area contributed by atoms with E-state index in [0.29, 0.717) is 6.54 Å². The average molecular weight is 296 g/mol. The molecule has 17 heavy (non-hydrogen) atoms. The molecule has 0 aliphatic carbocycles. The van der Waals surface area contributed by atoms with E-state index in [-0.39, 0.29) is 0 Å². The van der Waals surface area contributed by atoms with Crippen molar-refractivity contribution in [3.05, 3.63) is 46.3 Å². The van der Waals surface area contributed by atoms with Crippen molar-refractivity contribution in [2.75, 3.05) is 12.4 Å². The highest BCUT2D eigenvalue weighted by Crippen LogP contribution is 2.22. The number of hydrogen-bond donors (Lipinski definition) is 1. The number of halogens is 1. The van der Waals surface area contributed by atoms with Crippen LogP contribution in [0.25, 0.3) is 0 Å². The standard InChI is InChI=1S/C13H14BrNO2/c1-9-7-10(3-5-12(9)16-2)15-8-11-4-6-13(14)17-11/h3-7,15H,8H2,1-2H3. The van der Waals surface area contributed by atoms with Gasteiger partial charge in [0.25, 0.3) is 0 Å². The Labute approximate surface area is 109 Å². The van der Waals surface area contributed by atoms with E-state index in [1.54, 1.807) is 7.11 Å². The maximum atomic E-state index is 5.41. The molecule has 2 rings (SSSR count). The van der Waals surface area contributed by atoms with E-state index in [9.17, 15) is 0 Å². The molecule has 1 aromatic heterocycles. The summed E-state index contributed by atoms with van der Waals surface area (Å²) in [6.45, 7) is 2.69. The third-order valence-corrected chi connectivity index (χ3v) is 2.92. The molecule has 4 heteroatoms. The van der Waals surface area contributed by atoms with E-state index in [1.807, 2.05) is 31.2 Å². The zero-order valence-corrected chi connectivity index (χ0v) is 11.4. The van der Waals surface area contributed by atoms with E-state index in [4.69, 9.17) is 9.15 Å². The number of aryl methyl sites for hydroxylation is 1. The van der Waals surface area contributed by atoms with Gasteiger partial charge in [0.2, 0.25) is 0 Å². The second-order valence-electron chi connectivity index (χ2n) is 3.74. The summed E-state index contributed by atoms with van der Waals surface area (Å²) in [5.41, 5.74) is 2.16. The first-order chi connectivity index (χ1) is 8.19. The molecule has 1 heterocycles. The Hall–Kier alpha value is -1.42. The Bertz CT molecular complexity index is 508. The zero-order valence-electron chi connectivity index (χ0n) is 9.79. The van der Waals surface area contributed by atoms with Crippen LogP contribution in [0, 0.1) is 6.92 Å². The lowest BCUT2D eigenvalue weighted by molar-refractivity contribution is 0.412. The summed E-state index contributed by atoms with van der Waals surface area (Å²) in [5, 5.41) is 3.30. The molecular formula is C13H14BrNO2. The normalized spacial score (nSPS) is 10.3. The van der Waals surface area contributed by atoms with Crippen LogP contribution in [0.5, 0.6) is 5.75 Å². The van der Waals surface area contributed by atoms with Crippen molar-refractivity contribution in [2.24, 2.45) is 0 Å². The van der Waals surface area contributed by atoms with Gasteiger partial charge in [0, 0.05) is 5.69 Å². The van der Waals surface area contributed by atoms with E-state index < -0.39 is 0 Å². The second-order valence-corrected chi connectivity index (χ2v) is 4.53. The van der Waals surface area contributed by atoms with E-state index >= 15 is 0 Å². The average Bonchev–Trinajstić information content (AvgIpc) is 2.73. The van der Waals surface area contributed by atoms with Crippen molar-refractivity contribution < 1.29 is 9.15 Å². The minimum Gasteiger partial charge on any atom is -0.496 e. The highest BCUT2D eigenvalue weighted by Gasteiger charge is 2.02. The number of nitrogens with one attached hydrogen (secondary N) is 1. The molecule has 3 nitrogen and oxygen atoms in total. The lowest BCUT2D eigenvalue weighted by Gasteiger charge is -2.08. The summed E-state index contributed by atoms with van der Waals surface area (Å²) >= 11 is 3.28. The Balaban J connectivity index is 2.02. The van der Waals surface area contributed by atoms with Gasteiger partial charge in [0.05, 0.1) is 13.7 Å². The summed E-state index contributed by atoms with van der Waals surface area (Å²) in [6, 6.07) is 9.82. The zero-order chi connectivity index (χ0) is 12.3. The monoisotopic (exact) mass is 295 g/mol. The topological polar surface area (TPSA) is 34.4 Å². The maximum Gasteiger partial charge on any atom is 0.169 e. The molecule has 0 saturated heterocycles. The number of anilines is 1. The van der Waals surface area contributed by atoms with Crippen LogP contribution < -0.4 is 10.1 Å². The van der Waals surface area contributed by atoms with Crippen LogP contribution in [0.15, 0.2) is 39.4 Å². The molecule has 0 fully saturated rings. The summed E-state index contributed by atoms with van der Waals surface area (Å²) in [4.78, 5) is 0. The predicted molar refractivity (Wildman–Crippen MR) is 71.5 cm³/mol. The molecule has 1 N–H and O–H groups in total. The highest BCUT2D eigenvalue weighted by molar-refractivity contribution is 9.10. The second kappa shape index (κ2) is 5.27. The molecule has 0 unspecified atom stereocenters. The van der Waals surface area contributed by atoms with Gasteiger partial charge in [0.1, 0.15) is 11.5 Å². The molecule has 0 aliphatic heterocycles. The lowest BCUT2D eigenvalue weighted by atomic mass is 10.2. The van der Waals surface area contributed by atoms with E-state index in [0.717, 1.165) is 27.4 Å². The molecule has 0 aliphatic rings. The SMILES string of the molecule is COc1ccc(NCc2ccc(Br)o2)cc1C. The fourth-order valence-corrected chi connectivity index (χ4v) is 1.96. The highest BCUT2D eigenvalue weighted by atomic mass is 79.9. The Morgan fingerprint density at radius 3 is 2.71 bits per heavy atom. The Kier molecular flexibility index (Phi) is 3.74. The quantitative estimate of drug-likeness (QED) is 0.927. The van der Waals surface area contributed by atoms with Crippen molar-refractivity contribution >= 4 is 21.6 Å². The molecule has 0 spiro atoms. The lowest BCUT2D eigenvalue weighted by Crippen LogP contribution is -1.98. The van der Waals surface area contributed by atoms with Gasteiger partial charge < -0.3 is 14.5 Å². The van der Waals surface area contributed by atoms with Crippen LogP contribution in [0.1, 0.15) is 11.3 Å². The molecule has 0 atom stereocenters. The third kappa shape index (κ3) is 3.03.